The van der Waals surface area contributed by atoms with Gasteiger partial charge in [0.1, 0.15) is 5.00 Å². The molecule has 0 unspecified atom stereocenters. The number of anilines is 1. The lowest BCUT2D eigenvalue weighted by Crippen LogP contribution is -2.23. The first kappa shape index (κ1) is 12.9. The molecule has 2 rings (SSSR count). The van der Waals surface area contributed by atoms with E-state index in [1.807, 2.05) is 0 Å². The van der Waals surface area contributed by atoms with E-state index in [-0.39, 0.29) is 5.78 Å². The zero-order valence-corrected chi connectivity index (χ0v) is 11.1. The van der Waals surface area contributed by atoms with E-state index in [1.54, 1.807) is 0 Å². The van der Waals surface area contributed by atoms with Gasteiger partial charge in [-0.25, -0.2) is 0 Å². The number of Topliss-reactive ketones (excluding diaryl/α,β-unsaturated/α-hetero) is 2. The number of carbonyl (C=O) groups is 3. The fraction of sp³-hybridized carbons (Fsp3) is 0.417. The topological polar surface area (TPSA) is 75.3 Å². The zero-order valence-electron chi connectivity index (χ0n) is 10.3. The molecule has 1 aromatic rings. The lowest BCUT2D eigenvalue weighted by molar-refractivity contribution is -0.133. The molecule has 0 fully saturated rings. The van der Waals surface area contributed by atoms with Crippen LogP contribution in [-0.4, -0.2) is 24.0 Å². The van der Waals surface area contributed by atoms with Gasteiger partial charge in [0.15, 0.2) is 5.78 Å². The van der Waals surface area contributed by atoms with Gasteiger partial charge in [-0.05, 0) is 25.5 Å². The molecule has 1 aliphatic heterocycles. The van der Waals surface area contributed by atoms with Crippen molar-refractivity contribution in [2.24, 2.45) is 0 Å². The lowest BCUT2D eigenvalue weighted by atomic mass is 10.0. The third-order valence-corrected chi connectivity index (χ3v) is 3.97. The van der Waals surface area contributed by atoms with E-state index < -0.39 is 11.7 Å². The average Bonchev–Trinajstić information content (AvgIpc) is 2.66. The maximum atomic E-state index is 11.7. The van der Waals surface area contributed by atoms with Crippen LogP contribution in [0.5, 0.6) is 0 Å². The second kappa shape index (κ2) is 4.99. The molecule has 0 saturated heterocycles. The predicted octanol–water partition coefficient (Wildman–Crippen LogP) is 1.12. The fourth-order valence-electron chi connectivity index (χ4n) is 1.99. The van der Waals surface area contributed by atoms with Gasteiger partial charge in [0.2, 0.25) is 5.78 Å². The Bertz CT molecular complexity index is 534. The first-order valence-electron chi connectivity index (χ1n) is 5.68. The second-order valence-corrected chi connectivity index (χ2v) is 5.31. The summed E-state index contributed by atoms with van der Waals surface area (Å²) in [6.07, 6.45) is 0.774. The number of fused-ring (bicyclic) bond motifs is 1. The van der Waals surface area contributed by atoms with Crippen LogP contribution >= 0.6 is 11.3 Å². The molecule has 0 atom stereocenters. The van der Waals surface area contributed by atoms with Crippen LogP contribution in [0.25, 0.3) is 0 Å². The van der Waals surface area contributed by atoms with Gasteiger partial charge in [-0.15, -0.1) is 11.3 Å². The van der Waals surface area contributed by atoms with Crippen LogP contribution in [0.15, 0.2) is 0 Å². The quantitative estimate of drug-likeness (QED) is 0.635. The Morgan fingerprint density at radius 2 is 2.00 bits per heavy atom. The van der Waals surface area contributed by atoms with E-state index in [2.05, 4.69) is 10.6 Å². The Hall–Kier alpha value is -1.53. The van der Waals surface area contributed by atoms with Crippen LogP contribution in [0.1, 0.15) is 34.6 Å². The standard InChI is InChI=1S/C12H14N2O3S/c1-6(15)10-8-3-4-13-5-9(8)18-12(10)14-11(17)7(2)16/h13H,3-5H2,1-2H3,(H,14,17). The number of thiophene rings is 1. The number of amides is 1. The molecule has 0 aliphatic carbocycles. The molecule has 6 heteroatoms. The van der Waals surface area contributed by atoms with Crippen molar-refractivity contribution < 1.29 is 14.4 Å². The van der Waals surface area contributed by atoms with Crippen molar-refractivity contribution in [3.8, 4) is 0 Å². The summed E-state index contributed by atoms with van der Waals surface area (Å²) in [6, 6.07) is 0. The average molecular weight is 266 g/mol. The van der Waals surface area contributed by atoms with E-state index in [0.717, 1.165) is 23.4 Å². The molecular weight excluding hydrogens is 252 g/mol. The molecule has 2 heterocycles. The van der Waals surface area contributed by atoms with Crippen LogP contribution in [0.4, 0.5) is 5.00 Å². The summed E-state index contributed by atoms with van der Waals surface area (Å²) < 4.78 is 0. The number of hydrogen-bond donors (Lipinski definition) is 2. The Labute approximate surface area is 109 Å². The normalized spacial score (nSPS) is 13.9. The van der Waals surface area contributed by atoms with E-state index in [9.17, 15) is 14.4 Å². The minimum absolute atomic E-state index is 0.0757. The second-order valence-electron chi connectivity index (χ2n) is 4.20. The molecule has 1 aliphatic rings. The molecule has 0 radical (unpaired) electrons. The molecule has 0 aromatic carbocycles. The Morgan fingerprint density at radius 1 is 1.28 bits per heavy atom. The van der Waals surface area contributed by atoms with Gasteiger partial charge in [-0.2, -0.15) is 0 Å². The molecule has 0 bridgehead atoms. The summed E-state index contributed by atoms with van der Waals surface area (Å²) in [5.74, 6) is -1.31. The molecule has 1 aromatic heterocycles. The van der Waals surface area contributed by atoms with Crippen LogP contribution in [0.2, 0.25) is 0 Å². The molecule has 18 heavy (non-hydrogen) atoms. The molecule has 0 saturated carbocycles. The van der Waals surface area contributed by atoms with Crippen molar-refractivity contribution in [3.05, 3.63) is 16.0 Å². The van der Waals surface area contributed by atoms with Gasteiger partial charge in [0, 0.05) is 18.3 Å². The van der Waals surface area contributed by atoms with Crippen LogP contribution in [0.3, 0.4) is 0 Å². The van der Waals surface area contributed by atoms with Gasteiger partial charge >= 0.3 is 0 Å². The predicted molar refractivity (Wildman–Crippen MR) is 69.0 cm³/mol. The smallest absolute Gasteiger partial charge is 0.292 e. The Kier molecular flexibility index (Phi) is 3.58. The van der Waals surface area contributed by atoms with Gasteiger partial charge in [0.05, 0.1) is 5.56 Å². The minimum Gasteiger partial charge on any atom is -0.312 e. The SMILES string of the molecule is CC(=O)C(=O)Nc1sc2c(c1C(C)=O)CCNC2. The maximum Gasteiger partial charge on any atom is 0.292 e. The molecule has 0 spiro atoms. The van der Waals surface area contributed by atoms with Crippen molar-refractivity contribution in [1.29, 1.82) is 0 Å². The van der Waals surface area contributed by atoms with Crippen LogP contribution in [0, 0.1) is 0 Å². The molecule has 2 N–H and O–H groups in total. The van der Waals surface area contributed by atoms with Gasteiger partial charge in [-0.3, -0.25) is 14.4 Å². The molecule has 5 nitrogen and oxygen atoms in total. The van der Waals surface area contributed by atoms with Crippen molar-refractivity contribution in [3.63, 3.8) is 0 Å². The van der Waals surface area contributed by atoms with Gasteiger partial charge < -0.3 is 10.6 Å². The highest BCUT2D eigenvalue weighted by molar-refractivity contribution is 7.17. The summed E-state index contributed by atoms with van der Waals surface area (Å²) in [6.45, 7) is 4.21. The summed E-state index contributed by atoms with van der Waals surface area (Å²) in [4.78, 5) is 35.1. The summed E-state index contributed by atoms with van der Waals surface area (Å²) in [5, 5.41) is 6.24. The largest absolute Gasteiger partial charge is 0.312 e. The monoisotopic (exact) mass is 266 g/mol. The van der Waals surface area contributed by atoms with Crippen molar-refractivity contribution in [2.75, 3.05) is 11.9 Å². The summed E-state index contributed by atoms with van der Waals surface area (Å²) >= 11 is 1.37. The summed E-state index contributed by atoms with van der Waals surface area (Å²) in [5.41, 5.74) is 1.57. The third kappa shape index (κ3) is 2.34. The van der Waals surface area contributed by atoms with Crippen molar-refractivity contribution in [1.82, 2.24) is 5.32 Å². The van der Waals surface area contributed by atoms with Crippen molar-refractivity contribution >= 4 is 33.8 Å². The number of nitrogens with one attached hydrogen (secondary N) is 2. The number of hydrogen-bond acceptors (Lipinski definition) is 5. The maximum absolute atomic E-state index is 11.7. The first-order chi connectivity index (χ1) is 8.50. The van der Waals surface area contributed by atoms with Gasteiger partial charge in [-0.1, -0.05) is 0 Å². The van der Waals surface area contributed by atoms with Crippen LogP contribution in [-0.2, 0) is 22.6 Å². The third-order valence-electron chi connectivity index (χ3n) is 2.83. The van der Waals surface area contributed by atoms with Crippen LogP contribution < -0.4 is 10.6 Å². The highest BCUT2D eigenvalue weighted by Gasteiger charge is 2.24. The number of rotatable bonds is 3. The minimum atomic E-state index is -0.677. The molecule has 96 valence electrons. The molecule has 1 amide bonds. The fourth-order valence-corrected chi connectivity index (χ4v) is 3.25. The highest BCUT2D eigenvalue weighted by Crippen LogP contribution is 2.35. The number of ketones is 2. The van der Waals surface area contributed by atoms with E-state index in [1.165, 1.54) is 25.2 Å². The van der Waals surface area contributed by atoms with Gasteiger partial charge in [0.25, 0.3) is 5.91 Å². The zero-order chi connectivity index (χ0) is 13.3. The lowest BCUT2D eigenvalue weighted by Gasteiger charge is -2.13. The first-order valence-corrected chi connectivity index (χ1v) is 6.50. The number of carbonyl (C=O) groups excluding carboxylic acids is 3. The highest BCUT2D eigenvalue weighted by atomic mass is 32.1. The Balaban J connectivity index is 2.40. The summed E-state index contributed by atoms with van der Waals surface area (Å²) in [7, 11) is 0. The Morgan fingerprint density at radius 3 is 2.61 bits per heavy atom. The molecular formula is C12H14N2O3S. The van der Waals surface area contributed by atoms with E-state index >= 15 is 0 Å². The van der Waals surface area contributed by atoms with E-state index in [0.29, 0.717) is 17.1 Å². The van der Waals surface area contributed by atoms with E-state index in [4.69, 9.17) is 0 Å². The van der Waals surface area contributed by atoms with Crippen molar-refractivity contribution in [2.45, 2.75) is 26.8 Å².